The van der Waals surface area contributed by atoms with Crippen molar-refractivity contribution < 1.29 is 9.53 Å². The maximum absolute atomic E-state index is 12.3. The monoisotopic (exact) mass is 334 g/mol. The molecule has 1 saturated carbocycles. The molecule has 2 unspecified atom stereocenters. The molecular formula is C17H35ClN2O2. The van der Waals surface area contributed by atoms with Gasteiger partial charge in [0.2, 0.25) is 0 Å². The van der Waals surface area contributed by atoms with Gasteiger partial charge in [-0.05, 0) is 32.1 Å². The average molecular weight is 335 g/mol. The van der Waals surface area contributed by atoms with Gasteiger partial charge in [-0.15, -0.1) is 12.4 Å². The van der Waals surface area contributed by atoms with Crippen molar-refractivity contribution in [3.63, 3.8) is 0 Å². The van der Waals surface area contributed by atoms with E-state index in [1.165, 1.54) is 25.7 Å². The van der Waals surface area contributed by atoms with E-state index in [1.54, 1.807) is 4.90 Å². The van der Waals surface area contributed by atoms with Gasteiger partial charge < -0.3 is 15.4 Å². The van der Waals surface area contributed by atoms with Crippen molar-refractivity contribution in [3.05, 3.63) is 0 Å². The molecule has 0 bridgehead atoms. The van der Waals surface area contributed by atoms with Gasteiger partial charge in [0.1, 0.15) is 6.10 Å². The molecule has 1 rings (SSSR count). The number of nitrogens with two attached hydrogens (primary N) is 1. The normalized spacial score (nSPS) is 19.2. The van der Waals surface area contributed by atoms with E-state index in [2.05, 4.69) is 13.8 Å². The van der Waals surface area contributed by atoms with Gasteiger partial charge >= 0.3 is 0 Å². The molecule has 0 saturated heterocycles. The molecule has 1 aliphatic carbocycles. The Balaban J connectivity index is 0.00000441. The van der Waals surface area contributed by atoms with Gasteiger partial charge in [0.25, 0.3) is 5.91 Å². The summed E-state index contributed by atoms with van der Waals surface area (Å²) in [6.07, 6.45) is 8.01. The molecule has 0 aromatic heterocycles. The smallest absolute Gasteiger partial charge is 0.251 e. The lowest BCUT2D eigenvalue weighted by Crippen LogP contribution is -2.40. The highest BCUT2D eigenvalue weighted by atomic mass is 35.5. The van der Waals surface area contributed by atoms with Gasteiger partial charge in [0.05, 0.1) is 6.10 Å². The minimum atomic E-state index is -0.339. The Bertz CT molecular complexity index is 305. The van der Waals surface area contributed by atoms with Crippen molar-refractivity contribution in [3.8, 4) is 0 Å². The highest BCUT2D eigenvalue weighted by Crippen LogP contribution is 2.21. The minimum Gasteiger partial charge on any atom is -0.365 e. The summed E-state index contributed by atoms with van der Waals surface area (Å²) in [6, 6.07) is 0.151. The van der Waals surface area contributed by atoms with Gasteiger partial charge in [-0.2, -0.15) is 0 Å². The summed E-state index contributed by atoms with van der Waals surface area (Å²) in [5, 5.41) is 0. The zero-order chi connectivity index (χ0) is 15.8. The third-order valence-electron chi connectivity index (χ3n) is 4.58. The third kappa shape index (κ3) is 7.80. The van der Waals surface area contributed by atoms with E-state index in [0.29, 0.717) is 12.5 Å². The predicted octanol–water partition coefficient (Wildman–Crippen LogP) is 3.37. The zero-order valence-corrected chi connectivity index (χ0v) is 15.5. The average Bonchev–Trinajstić information content (AvgIpc) is 2.71. The highest BCUT2D eigenvalue weighted by molar-refractivity contribution is 5.85. The number of halogens is 1. The summed E-state index contributed by atoms with van der Waals surface area (Å²) >= 11 is 0. The van der Waals surface area contributed by atoms with E-state index < -0.39 is 0 Å². The first-order chi connectivity index (χ1) is 9.91. The summed E-state index contributed by atoms with van der Waals surface area (Å²) in [7, 11) is 1.85. The number of likely N-dealkylation sites (N-methyl/N-ethyl adjacent to an activating group) is 1. The van der Waals surface area contributed by atoms with Crippen LogP contribution in [-0.4, -0.2) is 42.6 Å². The topological polar surface area (TPSA) is 55.6 Å². The molecule has 22 heavy (non-hydrogen) atoms. The summed E-state index contributed by atoms with van der Waals surface area (Å²) < 4.78 is 5.99. The van der Waals surface area contributed by atoms with E-state index >= 15 is 0 Å². The van der Waals surface area contributed by atoms with Crippen molar-refractivity contribution in [1.29, 1.82) is 0 Å². The zero-order valence-electron chi connectivity index (χ0n) is 14.7. The largest absolute Gasteiger partial charge is 0.365 e. The number of hydrogen-bond acceptors (Lipinski definition) is 3. The van der Waals surface area contributed by atoms with Crippen LogP contribution in [0.3, 0.4) is 0 Å². The summed E-state index contributed by atoms with van der Waals surface area (Å²) in [4.78, 5) is 14.1. The van der Waals surface area contributed by atoms with Crippen LogP contribution in [0.5, 0.6) is 0 Å². The molecule has 2 atom stereocenters. The van der Waals surface area contributed by atoms with Gasteiger partial charge in [0, 0.05) is 19.6 Å². The van der Waals surface area contributed by atoms with E-state index in [-0.39, 0.29) is 36.6 Å². The number of nitrogens with zero attached hydrogens (tertiary/aromatic N) is 1. The molecule has 5 heteroatoms. The Kier molecular flexibility index (Phi) is 11.1. The Hall–Kier alpha value is -0.320. The lowest BCUT2D eigenvalue weighted by atomic mass is 10.0. The molecule has 1 amide bonds. The van der Waals surface area contributed by atoms with Crippen molar-refractivity contribution in [2.45, 2.75) is 84.0 Å². The molecule has 0 spiro atoms. The molecule has 0 radical (unpaired) electrons. The van der Waals surface area contributed by atoms with E-state index in [1.807, 2.05) is 14.0 Å². The number of carbonyl (C=O) groups excluding carboxylic acids is 1. The first-order valence-electron chi connectivity index (χ1n) is 8.57. The van der Waals surface area contributed by atoms with Crippen LogP contribution < -0.4 is 5.73 Å². The van der Waals surface area contributed by atoms with E-state index in [9.17, 15) is 4.79 Å². The first-order valence-corrected chi connectivity index (χ1v) is 8.57. The molecule has 0 heterocycles. The molecular weight excluding hydrogens is 300 g/mol. The molecule has 1 aliphatic rings. The van der Waals surface area contributed by atoms with Crippen LogP contribution >= 0.6 is 12.4 Å². The van der Waals surface area contributed by atoms with Crippen LogP contribution in [0.4, 0.5) is 0 Å². The van der Waals surface area contributed by atoms with E-state index in [0.717, 1.165) is 19.3 Å². The summed E-state index contributed by atoms with van der Waals surface area (Å²) in [5.41, 5.74) is 6.04. The fourth-order valence-electron chi connectivity index (χ4n) is 2.82. The van der Waals surface area contributed by atoms with Gasteiger partial charge in [-0.3, -0.25) is 4.79 Å². The number of ether oxygens (including phenoxy) is 1. The van der Waals surface area contributed by atoms with Crippen LogP contribution in [0, 0.1) is 5.92 Å². The Morgan fingerprint density at radius 3 is 2.23 bits per heavy atom. The van der Waals surface area contributed by atoms with Gasteiger partial charge in [-0.25, -0.2) is 0 Å². The highest BCUT2D eigenvalue weighted by Gasteiger charge is 2.23. The van der Waals surface area contributed by atoms with Crippen LogP contribution in [0.2, 0.25) is 0 Å². The van der Waals surface area contributed by atoms with Gasteiger partial charge in [-0.1, -0.05) is 39.5 Å². The second kappa shape index (κ2) is 11.3. The molecule has 0 aromatic carbocycles. The van der Waals surface area contributed by atoms with Crippen LogP contribution in [0.1, 0.15) is 65.7 Å². The van der Waals surface area contributed by atoms with Gasteiger partial charge in [0.15, 0.2) is 0 Å². The van der Waals surface area contributed by atoms with Crippen molar-refractivity contribution in [2.24, 2.45) is 11.7 Å². The van der Waals surface area contributed by atoms with Crippen molar-refractivity contribution in [1.82, 2.24) is 4.90 Å². The fourth-order valence-corrected chi connectivity index (χ4v) is 2.82. The standard InChI is InChI=1S/C17H34N2O2.ClH/c1-13(2)16(18)11-12-19(4)17(20)14(3)21-15-9-7-5-6-8-10-15;/h13-16H,5-12,18H2,1-4H3;1H. The SMILES string of the molecule is CC(OC1CCCCCC1)C(=O)N(C)CCC(N)C(C)C.Cl. The molecule has 0 aromatic rings. The van der Waals surface area contributed by atoms with Crippen molar-refractivity contribution >= 4 is 18.3 Å². The minimum absolute atomic E-state index is 0. The molecule has 1 fully saturated rings. The molecule has 0 aliphatic heterocycles. The van der Waals surface area contributed by atoms with Crippen molar-refractivity contribution in [2.75, 3.05) is 13.6 Å². The second-order valence-electron chi connectivity index (χ2n) is 6.85. The maximum Gasteiger partial charge on any atom is 0.251 e. The first kappa shape index (κ1) is 21.7. The second-order valence-corrected chi connectivity index (χ2v) is 6.85. The summed E-state index contributed by atoms with van der Waals surface area (Å²) in [6.45, 7) is 6.82. The third-order valence-corrected chi connectivity index (χ3v) is 4.58. The predicted molar refractivity (Wildman–Crippen MR) is 94.4 cm³/mol. The van der Waals surface area contributed by atoms with Crippen LogP contribution in [0.15, 0.2) is 0 Å². The number of hydrogen-bond donors (Lipinski definition) is 1. The number of amides is 1. The Morgan fingerprint density at radius 1 is 1.18 bits per heavy atom. The quantitative estimate of drug-likeness (QED) is 0.726. The molecule has 132 valence electrons. The number of carbonyl (C=O) groups is 1. The maximum atomic E-state index is 12.3. The molecule has 4 nitrogen and oxygen atoms in total. The van der Waals surface area contributed by atoms with Crippen LogP contribution in [-0.2, 0) is 9.53 Å². The Labute approximate surface area is 142 Å². The van der Waals surface area contributed by atoms with Crippen LogP contribution in [0.25, 0.3) is 0 Å². The molecule has 2 N–H and O–H groups in total. The summed E-state index contributed by atoms with van der Waals surface area (Å²) in [5.74, 6) is 0.531. The van der Waals surface area contributed by atoms with E-state index in [4.69, 9.17) is 10.5 Å². The Morgan fingerprint density at radius 2 is 1.73 bits per heavy atom. The number of rotatable bonds is 7. The fraction of sp³-hybridized carbons (Fsp3) is 0.941. The lowest BCUT2D eigenvalue weighted by Gasteiger charge is -2.26. The lowest BCUT2D eigenvalue weighted by molar-refractivity contribution is -0.145.